The summed E-state index contributed by atoms with van der Waals surface area (Å²) in [4.78, 5) is 0. The molecule has 0 radical (unpaired) electrons. The number of hydrogen-bond acceptors (Lipinski definition) is 2. The predicted molar refractivity (Wildman–Crippen MR) is 67.5 cm³/mol. The van der Waals surface area contributed by atoms with Gasteiger partial charge in [0.1, 0.15) is 0 Å². The largest absolute Gasteiger partial charge is 0.316 e. The zero-order valence-corrected chi connectivity index (χ0v) is 11.1. The van der Waals surface area contributed by atoms with Crippen LogP contribution in [0, 0.1) is 11.8 Å². The van der Waals surface area contributed by atoms with Crippen molar-refractivity contribution in [3.05, 3.63) is 0 Å². The monoisotopic (exact) mass is 248 g/mol. The normalized spacial score (nSPS) is 23.5. The van der Waals surface area contributed by atoms with Crippen LogP contribution in [0.1, 0.15) is 39.5 Å². The van der Waals surface area contributed by atoms with Gasteiger partial charge in [-0.05, 0) is 50.9 Å². The molecule has 102 valence electrons. The summed E-state index contributed by atoms with van der Waals surface area (Å²) in [5.41, 5.74) is 0. The van der Waals surface area contributed by atoms with Gasteiger partial charge in [0, 0.05) is 12.8 Å². The number of hydrogen-bond donors (Lipinski definition) is 2. The Bertz CT molecular complexity index is 208. The van der Waals surface area contributed by atoms with Crippen LogP contribution < -0.4 is 10.6 Å². The van der Waals surface area contributed by atoms with Crippen molar-refractivity contribution in [2.75, 3.05) is 26.2 Å². The number of halogens is 2. The summed E-state index contributed by atoms with van der Waals surface area (Å²) >= 11 is 0. The fraction of sp³-hybridized carbons (Fsp3) is 1.00. The summed E-state index contributed by atoms with van der Waals surface area (Å²) in [6.07, 6.45) is 1.89. The number of rotatable bonds is 8. The molecule has 0 amide bonds. The van der Waals surface area contributed by atoms with E-state index in [1.807, 2.05) is 0 Å². The van der Waals surface area contributed by atoms with Gasteiger partial charge in [0.15, 0.2) is 0 Å². The van der Waals surface area contributed by atoms with Crippen molar-refractivity contribution in [3.63, 3.8) is 0 Å². The third-order valence-corrected chi connectivity index (χ3v) is 3.20. The van der Waals surface area contributed by atoms with E-state index in [2.05, 4.69) is 24.5 Å². The van der Waals surface area contributed by atoms with Crippen molar-refractivity contribution < 1.29 is 8.78 Å². The van der Waals surface area contributed by atoms with Crippen LogP contribution in [0.15, 0.2) is 0 Å². The van der Waals surface area contributed by atoms with Crippen LogP contribution in [0.5, 0.6) is 0 Å². The molecule has 1 fully saturated rings. The van der Waals surface area contributed by atoms with E-state index in [-0.39, 0.29) is 18.8 Å². The third-order valence-electron chi connectivity index (χ3n) is 3.20. The molecule has 4 heteroatoms. The standard InChI is InChI=1S/C13H26F2N2/c1-11(2)9-16-6-3-7-17-10-12-4-5-13(14,15)8-12/h11-12,16-17H,3-10H2,1-2H3. The molecule has 0 aromatic carbocycles. The maximum absolute atomic E-state index is 12.9. The number of nitrogens with one attached hydrogen (secondary N) is 2. The molecule has 1 rings (SSSR count). The molecule has 1 aliphatic carbocycles. The van der Waals surface area contributed by atoms with E-state index in [4.69, 9.17) is 0 Å². The Morgan fingerprint density at radius 2 is 1.94 bits per heavy atom. The summed E-state index contributed by atoms with van der Waals surface area (Å²) in [7, 11) is 0. The van der Waals surface area contributed by atoms with Crippen LogP contribution in [0.3, 0.4) is 0 Å². The minimum Gasteiger partial charge on any atom is -0.316 e. The predicted octanol–water partition coefficient (Wildman–Crippen LogP) is 2.65. The van der Waals surface area contributed by atoms with E-state index in [0.717, 1.165) is 32.6 Å². The van der Waals surface area contributed by atoms with Gasteiger partial charge in [-0.25, -0.2) is 8.78 Å². The van der Waals surface area contributed by atoms with E-state index in [0.29, 0.717) is 12.3 Å². The quantitative estimate of drug-likeness (QED) is 0.645. The molecule has 0 bridgehead atoms. The van der Waals surface area contributed by atoms with Gasteiger partial charge >= 0.3 is 0 Å². The highest BCUT2D eigenvalue weighted by atomic mass is 19.3. The molecule has 1 saturated carbocycles. The first-order valence-electron chi connectivity index (χ1n) is 6.79. The molecule has 0 aliphatic heterocycles. The van der Waals surface area contributed by atoms with Gasteiger partial charge in [-0.15, -0.1) is 0 Å². The van der Waals surface area contributed by atoms with Gasteiger partial charge in [-0.3, -0.25) is 0 Å². The highest BCUT2D eigenvalue weighted by Gasteiger charge is 2.38. The van der Waals surface area contributed by atoms with Crippen molar-refractivity contribution in [2.24, 2.45) is 11.8 Å². The summed E-state index contributed by atoms with van der Waals surface area (Å²) in [6.45, 7) is 8.10. The van der Waals surface area contributed by atoms with Crippen LogP contribution in [-0.4, -0.2) is 32.1 Å². The number of alkyl halides is 2. The second-order valence-corrected chi connectivity index (χ2v) is 5.62. The lowest BCUT2D eigenvalue weighted by Crippen LogP contribution is -2.27. The average Bonchev–Trinajstić information content (AvgIpc) is 2.56. The Balaban J connectivity index is 1.88. The molecule has 2 nitrogen and oxygen atoms in total. The molecular weight excluding hydrogens is 222 g/mol. The molecule has 0 spiro atoms. The zero-order valence-electron chi connectivity index (χ0n) is 11.1. The van der Waals surface area contributed by atoms with Crippen LogP contribution in [-0.2, 0) is 0 Å². The van der Waals surface area contributed by atoms with Crippen molar-refractivity contribution in [3.8, 4) is 0 Å². The van der Waals surface area contributed by atoms with Crippen LogP contribution >= 0.6 is 0 Å². The summed E-state index contributed by atoms with van der Waals surface area (Å²) < 4.78 is 25.8. The fourth-order valence-corrected chi connectivity index (χ4v) is 2.25. The molecule has 1 unspecified atom stereocenters. The molecule has 0 saturated heterocycles. The Labute approximate surface area is 104 Å². The summed E-state index contributed by atoms with van der Waals surface area (Å²) in [5, 5.41) is 6.65. The fourth-order valence-electron chi connectivity index (χ4n) is 2.25. The Kier molecular flexibility index (Phi) is 6.34. The first kappa shape index (κ1) is 14.8. The van der Waals surface area contributed by atoms with Crippen LogP contribution in [0.4, 0.5) is 8.78 Å². The smallest absolute Gasteiger partial charge is 0.248 e. The second-order valence-electron chi connectivity index (χ2n) is 5.62. The molecule has 1 aliphatic rings. The van der Waals surface area contributed by atoms with Gasteiger partial charge in [0.25, 0.3) is 0 Å². The highest BCUT2D eigenvalue weighted by Crippen LogP contribution is 2.38. The maximum atomic E-state index is 12.9. The van der Waals surface area contributed by atoms with Gasteiger partial charge in [-0.2, -0.15) is 0 Å². The average molecular weight is 248 g/mol. The Hall–Kier alpha value is -0.220. The minimum absolute atomic E-state index is 0.0750. The van der Waals surface area contributed by atoms with E-state index in [9.17, 15) is 8.78 Å². The maximum Gasteiger partial charge on any atom is 0.248 e. The van der Waals surface area contributed by atoms with Gasteiger partial charge < -0.3 is 10.6 Å². The molecule has 17 heavy (non-hydrogen) atoms. The van der Waals surface area contributed by atoms with Crippen molar-refractivity contribution >= 4 is 0 Å². The Morgan fingerprint density at radius 1 is 1.24 bits per heavy atom. The highest BCUT2D eigenvalue weighted by molar-refractivity contribution is 4.82. The topological polar surface area (TPSA) is 24.1 Å². The SMILES string of the molecule is CC(C)CNCCCNCC1CCC(F)(F)C1. The van der Waals surface area contributed by atoms with E-state index >= 15 is 0 Å². The van der Waals surface area contributed by atoms with Crippen molar-refractivity contribution in [1.82, 2.24) is 10.6 Å². The summed E-state index contributed by atoms with van der Waals surface area (Å²) in [5.74, 6) is -1.54. The lowest BCUT2D eigenvalue weighted by Gasteiger charge is -2.12. The van der Waals surface area contributed by atoms with Gasteiger partial charge in [0.2, 0.25) is 5.92 Å². The second kappa shape index (κ2) is 7.27. The summed E-state index contributed by atoms with van der Waals surface area (Å²) in [6, 6.07) is 0. The van der Waals surface area contributed by atoms with E-state index < -0.39 is 5.92 Å². The first-order valence-corrected chi connectivity index (χ1v) is 6.79. The molecule has 0 aromatic heterocycles. The molecular formula is C13H26F2N2. The third kappa shape index (κ3) is 6.94. The van der Waals surface area contributed by atoms with Crippen LogP contribution in [0.2, 0.25) is 0 Å². The minimum atomic E-state index is -2.40. The molecule has 2 N–H and O–H groups in total. The van der Waals surface area contributed by atoms with Crippen molar-refractivity contribution in [1.29, 1.82) is 0 Å². The van der Waals surface area contributed by atoms with E-state index in [1.165, 1.54) is 0 Å². The van der Waals surface area contributed by atoms with Crippen molar-refractivity contribution in [2.45, 2.75) is 45.5 Å². The van der Waals surface area contributed by atoms with Gasteiger partial charge in [-0.1, -0.05) is 13.8 Å². The molecule has 1 atom stereocenters. The lowest BCUT2D eigenvalue weighted by atomic mass is 10.1. The van der Waals surface area contributed by atoms with Crippen LogP contribution in [0.25, 0.3) is 0 Å². The van der Waals surface area contributed by atoms with Gasteiger partial charge in [0.05, 0.1) is 0 Å². The molecule has 0 aromatic rings. The Morgan fingerprint density at radius 3 is 2.53 bits per heavy atom. The molecule has 0 heterocycles. The lowest BCUT2D eigenvalue weighted by molar-refractivity contribution is 0.00509. The first-order chi connectivity index (χ1) is 7.99. The van der Waals surface area contributed by atoms with E-state index in [1.54, 1.807) is 0 Å². The zero-order chi connectivity index (χ0) is 12.7.